The van der Waals surface area contributed by atoms with Crippen LogP contribution in [0.4, 0.5) is 0 Å². The number of benzene rings is 2. The zero-order valence-electron chi connectivity index (χ0n) is 20.6. The summed E-state index contributed by atoms with van der Waals surface area (Å²) in [5.74, 6) is 2.11. The van der Waals surface area contributed by atoms with Gasteiger partial charge in [0.25, 0.3) is 0 Å². The molecule has 5 nitrogen and oxygen atoms in total. The molecule has 34 heavy (non-hydrogen) atoms. The summed E-state index contributed by atoms with van der Waals surface area (Å²) in [4.78, 5) is 0. The van der Waals surface area contributed by atoms with E-state index in [9.17, 15) is 0 Å². The summed E-state index contributed by atoms with van der Waals surface area (Å²) in [6, 6.07) is 15.3. The molecule has 5 heteroatoms. The van der Waals surface area contributed by atoms with E-state index in [1.165, 1.54) is 23.1 Å². The van der Waals surface area contributed by atoms with Gasteiger partial charge in [-0.05, 0) is 54.8 Å². The molecule has 2 bridgehead atoms. The number of ether oxygens (including phenoxy) is 4. The second kappa shape index (κ2) is 8.54. The van der Waals surface area contributed by atoms with Crippen molar-refractivity contribution < 1.29 is 18.9 Å². The second-order valence-corrected chi connectivity index (χ2v) is 10.7. The Morgan fingerprint density at radius 1 is 1.12 bits per heavy atom. The highest BCUT2D eigenvalue weighted by Crippen LogP contribution is 2.70. The van der Waals surface area contributed by atoms with E-state index in [-0.39, 0.29) is 29.0 Å². The highest BCUT2D eigenvalue weighted by atomic mass is 16.6. The van der Waals surface area contributed by atoms with Crippen molar-refractivity contribution in [2.24, 2.45) is 11.3 Å². The van der Waals surface area contributed by atoms with Crippen LogP contribution in [0.15, 0.2) is 42.5 Å². The molecule has 4 aliphatic rings. The zero-order valence-corrected chi connectivity index (χ0v) is 20.6. The molecule has 1 saturated carbocycles. The van der Waals surface area contributed by atoms with E-state index in [2.05, 4.69) is 48.6 Å². The van der Waals surface area contributed by atoms with Gasteiger partial charge in [-0.2, -0.15) is 0 Å². The third-order valence-electron chi connectivity index (χ3n) is 9.30. The lowest BCUT2D eigenvalue weighted by Crippen LogP contribution is -2.74. The van der Waals surface area contributed by atoms with Crippen molar-refractivity contribution in [1.29, 1.82) is 0 Å². The fraction of sp³-hybridized carbons (Fsp3) is 0.586. The van der Waals surface area contributed by atoms with Gasteiger partial charge in [-0.25, -0.2) is 0 Å². The van der Waals surface area contributed by atoms with Crippen LogP contribution < -0.4 is 14.8 Å². The first kappa shape index (κ1) is 22.4. The SMILES string of the molecule is CCCC12CC(COCc3ccccc3)C(OC)C3Oc4c(OC)ccc5c4C31CCNC2C5. The van der Waals surface area contributed by atoms with Crippen molar-refractivity contribution in [3.8, 4) is 11.5 Å². The van der Waals surface area contributed by atoms with Gasteiger partial charge in [-0.15, -0.1) is 0 Å². The fourth-order valence-corrected chi connectivity index (χ4v) is 8.22. The highest BCUT2D eigenvalue weighted by Gasteiger charge is 2.73. The minimum Gasteiger partial charge on any atom is -0.493 e. The fourth-order valence-electron chi connectivity index (χ4n) is 8.22. The molecule has 1 spiro atoms. The third kappa shape index (κ3) is 2.96. The first-order valence-corrected chi connectivity index (χ1v) is 12.9. The Morgan fingerprint density at radius 3 is 2.74 bits per heavy atom. The van der Waals surface area contributed by atoms with Gasteiger partial charge >= 0.3 is 0 Å². The average molecular weight is 464 g/mol. The quantitative estimate of drug-likeness (QED) is 0.618. The summed E-state index contributed by atoms with van der Waals surface area (Å²) in [5, 5.41) is 3.95. The van der Waals surface area contributed by atoms with Gasteiger partial charge in [0.05, 0.1) is 26.4 Å². The molecule has 0 aromatic heterocycles. The van der Waals surface area contributed by atoms with Crippen molar-refractivity contribution >= 4 is 0 Å². The number of piperidine rings is 1. The number of nitrogens with one attached hydrogen (secondary N) is 1. The summed E-state index contributed by atoms with van der Waals surface area (Å²) in [6.07, 6.45) is 5.56. The Morgan fingerprint density at radius 2 is 1.97 bits per heavy atom. The van der Waals surface area contributed by atoms with Gasteiger partial charge in [0.1, 0.15) is 6.10 Å². The molecular weight excluding hydrogens is 426 g/mol. The Kier molecular flexibility index (Phi) is 5.63. The highest BCUT2D eigenvalue weighted by molar-refractivity contribution is 5.62. The molecule has 6 unspecified atom stereocenters. The molecule has 6 atom stereocenters. The summed E-state index contributed by atoms with van der Waals surface area (Å²) in [5.41, 5.74) is 4.16. The van der Waals surface area contributed by atoms with Crippen molar-refractivity contribution in [2.45, 2.75) is 69.3 Å². The number of methoxy groups -OCH3 is 2. The lowest BCUT2D eigenvalue weighted by atomic mass is 9.41. The van der Waals surface area contributed by atoms with Crippen molar-refractivity contribution in [3.63, 3.8) is 0 Å². The van der Waals surface area contributed by atoms with Crippen molar-refractivity contribution in [1.82, 2.24) is 5.32 Å². The first-order chi connectivity index (χ1) is 16.7. The lowest BCUT2D eigenvalue weighted by Gasteiger charge is -2.66. The first-order valence-electron chi connectivity index (χ1n) is 12.9. The second-order valence-electron chi connectivity index (χ2n) is 10.7. The molecule has 182 valence electrons. The van der Waals surface area contributed by atoms with Crippen molar-refractivity contribution in [2.75, 3.05) is 27.4 Å². The van der Waals surface area contributed by atoms with E-state index in [1.54, 1.807) is 7.11 Å². The molecule has 2 aliphatic heterocycles. The monoisotopic (exact) mass is 463 g/mol. The molecule has 0 radical (unpaired) electrons. The molecule has 2 aliphatic carbocycles. The minimum absolute atomic E-state index is 0.0115. The summed E-state index contributed by atoms with van der Waals surface area (Å²) in [6.45, 7) is 4.67. The molecule has 1 saturated heterocycles. The van der Waals surface area contributed by atoms with Gasteiger partial charge in [-0.1, -0.05) is 49.7 Å². The average Bonchev–Trinajstić information content (AvgIpc) is 3.19. The summed E-state index contributed by atoms with van der Waals surface area (Å²) < 4.78 is 25.4. The van der Waals surface area contributed by atoms with Crippen LogP contribution in [-0.4, -0.2) is 45.6 Å². The standard InChI is InChI=1S/C29H37NO4/c1-4-12-28-16-21(18-33-17-19-8-6-5-7-9-19)25(32-3)27-29(28)13-14-30-23(28)15-20-10-11-22(31-2)26(34-27)24(20)29/h5-11,21,23,25,27,30H,4,12-18H2,1-3H3. The smallest absolute Gasteiger partial charge is 0.165 e. The predicted octanol–water partition coefficient (Wildman–Crippen LogP) is 4.65. The van der Waals surface area contributed by atoms with Crippen LogP contribution in [0.1, 0.15) is 49.3 Å². The van der Waals surface area contributed by atoms with E-state index in [0.29, 0.717) is 19.3 Å². The van der Waals surface area contributed by atoms with Crippen LogP contribution in [0.3, 0.4) is 0 Å². The summed E-state index contributed by atoms with van der Waals surface area (Å²) in [7, 11) is 3.60. The van der Waals surface area contributed by atoms with Gasteiger partial charge in [0.2, 0.25) is 0 Å². The molecule has 1 N–H and O–H groups in total. The Hall–Kier alpha value is -2.08. The lowest BCUT2D eigenvalue weighted by molar-refractivity contribution is -0.179. The van der Waals surface area contributed by atoms with E-state index < -0.39 is 0 Å². The van der Waals surface area contributed by atoms with E-state index >= 15 is 0 Å². The normalized spacial score (nSPS) is 34.9. The van der Waals surface area contributed by atoms with Gasteiger partial charge in [-0.3, -0.25) is 0 Å². The molecule has 0 amide bonds. The molecule has 6 rings (SSSR count). The van der Waals surface area contributed by atoms with Gasteiger partial charge in [0.15, 0.2) is 11.5 Å². The predicted molar refractivity (Wildman–Crippen MR) is 132 cm³/mol. The number of rotatable bonds is 8. The Labute approximate surface area is 203 Å². The van der Waals surface area contributed by atoms with E-state index in [1.807, 2.05) is 13.2 Å². The summed E-state index contributed by atoms with van der Waals surface area (Å²) >= 11 is 0. The largest absolute Gasteiger partial charge is 0.493 e. The number of hydrogen-bond donors (Lipinski definition) is 1. The molecule has 2 aromatic carbocycles. The molecule has 2 fully saturated rings. The topological polar surface area (TPSA) is 49.0 Å². The van der Waals surface area contributed by atoms with E-state index in [4.69, 9.17) is 18.9 Å². The maximum absolute atomic E-state index is 6.94. The van der Waals surface area contributed by atoms with Crippen LogP contribution in [-0.2, 0) is 27.9 Å². The van der Waals surface area contributed by atoms with Crippen LogP contribution in [0, 0.1) is 11.3 Å². The molecule has 2 aromatic rings. The van der Waals surface area contributed by atoms with Crippen molar-refractivity contribution in [3.05, 3.63) is 59.2 Å². The number of hydrogen-bond acceptors (Lipinski definition) is 5. The van der Waals surface area contributed by atoms with E-state index in [0.717, 1.165) is 43.7 Å². The van der Waals surface area contributed by atoms with Crippen LogP contribution in [0.2, 0.25) is 0 Å². The minimum atomic E-state index is -0.0347. The van der Waals surface area contributed by atoms with Gasteiger partial charge < -0.3 is 24.3 Å². The molecular formula is C29H37NO4. The Bertz CT molecular complexity index is 1040. The van der Waals surface area contributed by atoms with Crippen LogP contribution >= 0.6 is 0 Å². The van der Waals surface area contributed by atoms with Crippen LogP contribution in [0.25, 0.3) is 0 Å². The zero-order chi connectivity index (χ0) is 23.3. The van der Waals surface area contributed by atoms with Crippen LogP contribution in [0.5, 0.6) is 11.5 Å². The molecule has 2 heterocycles. The third-order valence-corrected chi connectivity index (χ3v) is 9.30. The maximum atomic E-state index is 6.94. The maximum Gasteiger partial charge on any atom is 0.165 e. The van der Waals surface area contributed by atoms with Gasteiger partial charge in [0, 0.05) is 30.0 Å². The Balaban J connectivity index is 1.41.